The topological polar surface area (TPSA) is 103 Å². The number of hydrogen-bond acceptors (Lipinski definition) is 4. The largest absolute Gasteiger partial charge is 0.344 e. The van der Waals surface area contributed by atoms with Gasteiger partial charge in [-0.3, -0.25) is 9.59 Å². The van der Waals surface area contributed by atoms with E-state index in [1.54, 1.807) is 6.20 Å². The summed E-state index contributed by atoms with van der Waals surface area (Å²) >= 11 is 0. The molecule has 5 aromatic rings. The molecule has 1 amide bonds. The summed E-state index contributed by atoms with van der Waals surface area (Å²) < 4.78 is 1.31. The minimum Gasteiger partial charge on any atom is -0.344 e. The number of rotatable bonds is 4. The fourth-order valence-electron chi connectivity index (χ4n) is 4.05. The fourth-order valence-corrected chi connectivity index (χ4v) is 4.05. The molecular formula is C27H21N5O2. The van der Waals surface area contributed by atoms with Crippen LogP contribution in [0.15, 0.2) is 77.7 Å². The van der Waals surface area contributed by atoms with Crippen LogP contribution in [0.25, 0.3) is 27.5 Å². The molecule has 5 rings (SSSR count). The number of hydrogen-bond donors (Lipinski definition) is 2. The Bertz CT molecular complexity index is 1660. The molecule has 7 nitrogen and oxygen atoms in total. The van der Waals surface area contributed by atoms with Crippen molar-refractivity contribution in [2.75, 3.05) is 0 Å². The molecule has 0 unspecified atom stereocenters. The predicted octanol–water partition coefficient (Wildman–Crippen LogP) is 4.51. The Morgan fingerprint density at radius 1 is 1.09 bits per heavy atom. The lowest BCUT2D eigenvalue weighted by Gasteiger charge is -2.13. The summed E-state index contributed by atoms with van der Waals surface area (Å²) in [4.78, 5) is 28.8. The van der Waals surface area contributed by atoms with Crippen molar-refractivity contribution in [3.05, 3.63) is 106 Å². The zero-order valence-corrected chi connectivity index (χ0v) is 18.7. The van der Waals surface area contributed by atoms with E-state index in [2.05, 4.69) is 15.4 Å². The van der Waals surface area contributed by atoms with Crippen molar-refractivity contribution in [2.24, 2.45) is 0 Å². The van der Waals surface area contributed by atoms with Crippen molar-refractivity contribution in [2.45, 2.75) is 19.9 Å². The summed E-state index contributed by atoms with van der Waals surface area (Å²) in [5.41, 5.74) is 2.80. The molecule has 0 aliphatic heterocycles. The summed E-state index contributed by atoms with van der Waals surface area (Å²) in [5, 5.41) is 19.0. The van der Waals surface area contributed by atoms with Crippen molar-refractivity contribution in [3.8, 4) is 17.3 Å². The number of nitriles is 1. The van der Waals surface area contributed by atoms with Gasteiger partial charge in [0.15, 0.2) is 5.69 Å². The molecule has 0 saturated carbocycles. The van der Waals surface area contributed by atoms with E-state index in [-0.39, 0.29) is 22.8 Å². The first kappa shape index (κ1) is 21.2. The van der Waals surface area contributed by atoms with Gasteiger partial charge in [-0.1, -0.05) is 66.2 Å². The van der Waals surface area contributed by atoms with Gasteiger partial charge in [-0.25, -0.2) is 4.52 Å². The highest BCUT2D eigenvalue weighted by molar-refractivity contribution is 5.97. The third-order valence-electron chi connectivity index (χ3n) is 5.94. The highest BCUT2D eigenvalue weighted by Gasteiger charge is 2.23. The maximum absolute atomic E-state index is 13.0. The Morgan fingerprint density at radius 2 is 1.82 bits per heavy atom. The van der Waals surface area contributed by atoms with Gasteiger partial charge in [0.1, 0.15) is 17.1 Å². The Balaban J connectivity index is 1.54. The average Bonchev–Trinajstić information content (AvgIpc) is 3.23. The number of amides is 1. The van der Waals surface area contributed by atoms with E-state index < -0.39 is 11.5 Å². The second kappa shape index (κ2) is 8.34. The van der Waals surface area contributed by atoms with Crippen LogP contribution < -0.4 is 10.9 Å². The van der Waals surface area contributed by atoms with E-state index in [0.717, 1.165) is 27.5 Å². The average molecular weight is 447 g/mol. The summed E-state index contributed by atoms with van der Waals surface area (Å²) in [6.45, 7) is 3.85. The fraction of sp³-hybridized carbons (Fsp3) is 0.111. The van der Waals surface area contributed by atoms with Crippen LogP contribution in [0, 0.1) is 18.3 Å². The molecular weight excluding hydrogens is 426 g/mol. The number of aromatic amines is 1. The summed E-state index contributed by atoms with van der Waals surface area (Å²) in [6.07, 6.45) is 1.63. The SMILES string of the molecule is Cc1ccc([C@@H](C)NC(=O)c2nn3cc(-c4ccc5ccccc5c4)[nH]c(=O)c3c2C#N)cc1. The summed E-state index contributed by atoms with van der Waals surface area (Å²) in [5.74, 6) is -0.514. The Labute approximate surface area is 195 Å². The van der Waals surface area contributed by atoms with Crippen molar-refractivity contribution in [3.63, 3.8) is 0 Å². The Morgan fingerprint density at radius 3 is 2.56 bits per heavy atom. The van der Waals surface area contributed by atoms with Crippen LogP contribution in [0.4, 0.5) is 0 Å². The van der Waals surface area contributed by atoms with Gasteiger partial charge in [0.25, 0.3) is 11.5 Å². The van der Waals surface area contributed by atoms with E-state index in [9.17, 15) is 14.9 Å². The van der Waals surface area contributed by atoms with Gasteiger partial charge in [-0.15, -0.1) is 0 Å². The lowest BCUT2D eigenvalue weighted by molar-refractivity contribution is 0.0934. The minimum absolute atomic E-state index is 0.0418. The highest BCUT2D eigenvalue weighted by Crippen LogP contribution is 2.23. The second-order valence-corrected chi connectivity index (χ2v) is 8.29. The highest BCUT2D eigenvalue weighted by atomic mass is 16.2. The molecule has 2 aromatic heterocycles. The van der Waals surface area contributed by atoms with E-state index in [1.807, 2.05) is 86.6 Å². The van der Waals surface area contributed by atoms with Crippen LogP contribution in [0.1, 0.15) is 40.1 Å². The first-order chi connectivity index (χ1) is 16.4. The van der Waals surface area contributed by atoms with Crippen LogP contribution in [-0.4, -0.2) is 20.5 Å². The Kier molecular flexibility index (Phi) is 5.19. The number of aromatic nitrogens is 3. The first-order valence-electron chi connectivity index (χ1n) is 10.9. The van der Waals surface area contributed by atoms with E-state index >= 15 is 0 Å². The number of benzene rings is 3. The monoisotopic (exact) mass is 447 g/mol. The molecule has 2 N–H and O–H groups in total. The molecule has 0 fully saturated rings. The number of fused-ring (bicyclic) bond motifs is 2. The maximum atomic E-state index is 13.0. The third kappa shape index (κ3) is 3.71. The third-order valence-corrected chi connectivity index (χ3v) is 5.94. The predicted molar refractivity (Wildman–Crippen MR) is 131 cm³/mol. The van der Waals surface area contributed by atoms with Crippen LogP contribution in [0.2, 0.25) is 0 Å². The van der Waals surface area contributed by atoms with Gasteiger partial charge < -0.3 is 10.3 Å². The molecule has 166 valence electrons. The van der Waals surface area contributed by atoms with Gasteiger partial charge in [-0.05, 0) is 36.2 Å². The molecule has 0 aliphatic carbocycles. The molecule has 7 heteroatoms. The van der Waals surface area contributed by atoms with Crippen LogP contribution in [0.5, 0.6) is 0 Å². The second-order valence-electron chi connectivity index (χ2n) is 8.29. The number of carbonyl (C=O) groups excluding carboxylic acids is 1. The van der Waals surface area contributed by atoms with E-state index in [0.29, 0.717) is 5.69 Å². The molecule has 0 aliphatic rings. The normalized spacial score (nSPS) is 11.9. The van der Waals surface area contributed by atoms with Gasteiger partial charge in [-0.2, -0.15) is 10.4 Å². The molecule has 34 heavy (non-hydrogen) atoms. The smallest absolute Gasteiger partial charge is 0.275 e. The molecule has 0 radical (unpaired) electrons. The van der Waals surface area contributed by atoms with E-state index in [1.165, 1.54) is 4.52 Å². The molecule has 2 heterocycles. The molecule has 0 spiro atoms. The summed E-state index contributed by atoms with van der Waals surface area (Å²) in [6, 6.07) is 23.3. The number of nitrogens with zero attached hydrogens (tertiary/aromatic N) is 3. The molecule has 0 saturated heterocycles. The molecule has 0 bridgehead atoms. The van der Waals surface area contributed by atoms with Crippen LogP contribution in [-0.2, 0) is 0 Å². The zero-order chi connectivity index (χ0) is 23.8. The standard InChI is InChI=1S/C27H21N5O2/c1-16-7-9-18(10-8-16)17(2)29-26(33)24-22(14-28)25-27(34)30-23(15-32(25)31-24)21-12-11-19-5-3-4-6-20(19)13-21/h3-13,15,17H,1-2H3,(H,29,33)(H,30,34)/t17-/m1/s1. The molecule has 1 atom stereocenters. The number of H-pyrrole nitrogens is 1. The minimum atomic E-state index is -0.514. The maximum Gasteiger partial charge on any atom is 0.275 e. The van der Waals surface area contributed by atoms with Gasteiger partial charge in [0, 0.05) is 5.56 Å². The van der Waals surface area contributed by atoms with Gasteiger partial charge >= 0.3 is 0 Å². The summed E-state index contributed by atoms with van der Waals surface area (Å²) in [7, 11) is 0. The van der Waals surface area contributed by atoms with Gasteiger partial charge in [0.2, 0.25) is 0 Å². The number of nitrogens with one attached hydrogen (secondary N) is 2. The number of aryl methyl sites for hydroxylation is 1. The van der Waals surface area contributed by atoms with Crippen molar-refractivity contribution in [1.82, 2.24) is 19.9 Å². The quantitative estimate of drug-likeness (QED) is 0.423. The lowest BCUT2D eigenvalue weighted by atomic mass is 10.1. The lowest BCUT2D eigenvalue weighted by Crippen LogP contribution is -2.27. The Hall–Kier alpha value is -4.70. The first-order valence-corrected chi connectivity index (χ1v) is 10.9. The van der Waals surface area contributed by atoms with Gasteiger partial charge in [0.05, 0.1) is 17.9 Å². The van der Waals surface area contributed by atoms with Crippen molar-refractivity contribution < 1.29 is 4.79 Å². The van der Waals surface area contributed by atoms with Crippen LogP contribution >= 0.6 is 0 Å². The van der Waals surface area contributed by atoms with Crippen molar-refractivity contribution in [1.29, 1.82) is 5.26 Å². The zero-order valence-electron chi connectivity index (χ0n) is 18.7. The van der Waals surface area contributed by atoms with Crippen LogP contribution in [0.3, 0.4) is 0 Å². The van der Waals surface area contributed by atoms with Crippen molar-refractivity contribution >= 4 is 22.2 Å². The number of carbonyl (C=O) groups is 1. The molecule has 3 aromatic carbocycles. The van der Waals surface area contributed by atoms with E-state index in [4.69, 9.17) is 0 Å².